The second-order valence-corrected chi connectivity index (χ2v) is 3.78. The van der Waals surface area contributed by atoms with Gasteiger partial charge in [-0.15, -0.1) is 0 Å². The van der Waals surface area contributed by atoms with Crippen LogP contribution in [0.5, 0.6) is 0 Å². The van der Waals surface area contributed by atoms with E-state index in [4.69, 9.17) is 5.11 Å². The average Bonchev–Trinajstić information content (AvgIpc) is 2.88. The summed E-state index contributed by atoms with van der Waals surface area (Å²) in [5, 5.41) is 8.94. The lowest BCUT2D eigenvalue weighted by atomic mass is 10.2. The van der Waals surface area contributed by atoms with Crippen LogP contribution in [-0.4, -0.2) is 21.0 Å². The molecule has 0 aromatic carbocycles. The standard InChI is InChI=1S/C10H14N2O2/c1-2-3-7-11-8(6-4-5-6)9(12-7)10(13)14/h6H,2-5H2,1H3,(H,11,12)(H,13,14). The molecule has 2 N–H and O–H groups in total. The third kappa shape index (κ3) is 1.64. The molecule has 1 saturated carbocycles. The molecule has 0 amide bonds. The average molecular weight is 194 g/mol. The Morgan fingerprint density at radius 1 is 1.64 bits per heavy atom. The molecule has 0 bridgehead atoms. The SMILES string of the molecule is CCCc1nc(C(=O)O)c(C2CC2)[nH]1. The van der Waals surface area contributed by atoms with Gasteiger partial charge in [0.25, 0.3) is 0 Å². The summed E-state index contributed by atoms with van der Waals surface area (Å²) in [6.07, 6.45) is 3.99. The minimum atomic E-state index is -0.912. The lowest BCUT2D eigenvalue weighted by Crippen LogP contribution is -2.00. The van der Waals surface area contributed by atoms with E-state index in [1.54, 1.807) is 0 Å². The van der Waals surface area contributed by atoms with Gasteiger partial charge in [-0.1, -0.05) is 6.92 Å². The van der Waals surface area contributed by atoms with E-state index in [0.717, 1.165) is 37.2 Å². The number of imidazole rings is 1. The van der Waals surface area contributed by atoms with Crippen LogP contribution in [0.25, 0.3) is 0 Å². The minimum Gasteiger partial charge on any atom is -0.476 e. The van der Waals surface area contributed by atoms with Crippen molar-refractivity contribution in [2.75, 3.05) is 0 Å². The number of aromatic nitrogens is 2. The number of nitrogens with zero attached hydrogens (tertiary/aromatic N) is 1. The lowest BCUT2D eigenvalue weighted by molar-refractivity contribution is 0.0689. The van der Waals surface area contributed by atoms with Crippen LogP contribution in [0, 0.1) is 0 Å². The first-order valence-corrected chi connectivity index (χ1v) is 5.04. The van der Waals surface area contributed by atoms with E-state index in [0.29, 0.717) is 5.92 Å². The van der Waals surface area contributed by atoms with Crippen molar-refractivity contribution < 1.29 is 9.90 Å². The van der Waals surface area contributed by atoms with Crippen molar-refractivity contribution in [2.45, 2.75) is 38.5 Å². The van der Waals surface area contributed by atoms with Crippen LogP contribution in [0.4, 0.5) is 0 Å². The van der Waals surface area contributed by atoms with Crippen molar-refractivity contribution in [3.8, 4) is 0 Å². The Hall–Kier alpha value is -1.32. The topological polar surface area (TPSA) is 66.0 Å². The van der Waals surface area contributed by atoms with Crippen LogP contribution in [0.3, 0.4) is 0 Å². The van der Waals surface area contributed by atoms with Crippen LogP contribution < -0.4 is 0 Å². The number of H-pyrrole nitrogens is 1. The summed E-state index contributed by atoms with van der Waals surface area (Å²) in [5.74, 6) is 0.316. The van der Waals surface area contributed by atoms with E-state index in [1.807, 2.05) is 0 Å². The highest BCUT2D eigenvalue weighted by Crippen LogP contribution is 2.40. The molecule has 0 spiro atoms. The summed E-state index contributed by atoms with van der Waals surface area (Å²) in [6, 6.07) is 0. The van der Waals surface area contributed by atoms with Crippen molar-refractivity contribution in [2.24, 2.45) is 0 Å². The maximum Gasteiger partial charge on any atom is 0.356 e. The summed E-state index contributed by atoms with van der Waals surface area (Å²) in [6.45, 7) is 2.06. The lowest BCUT2D eigenvalue weighted by Gasteiger charge is -1.92. The fraction of sp³-hybridized carbons (Fsp3) is 0.600. The highest BCUT2D eigenvalue weighted by molar-refractivity contribution is 5.87. The van der Waals surface area contributed by atoms with Crippen LogP contribution in [0.1, 0.15) is 54.1 Å². The molecule has 4 nitrogen and oxygen atoms in total. The predicted octanol–water partition coefficient (Wildman–Crippen LogP) is 1.94. The number of aryl methyl sites for hydroxylation is 1. The Labute approximate surface area is 82.4 Å². The monoisotopic (exact) mass is 194 g/mol. The van der Waals surface area contributed by atoms with E-state index in [-0.39, 0.29) is 5.69 Å². The minimum absolute atomic E-state index is 0.232. The van der Waals surface area contributed by atoms with Crippen LogP contribution in [-0.2, 0) is 6.42 Å². The predicted molar refractivity (Wildman–Crippen MR) is 51.5 cm³/mol. The first-order chi connectivity index (χ1) is 6.72. The second-order valence-electron chi connectivity index (χ2n) is 3.78. The number of hydrogen-bond acceptors (Lipinski definition) is 2. The zero-order valence-corrected chi connectivity index (χ0v) is 8.21. The van der Waals surface area contributed by atoms with Crippen LogP contribution >= 0.6 is 0 Å². The van der Waals surface area contributed by atoms with E-state index in [1.165, 1.54) is 0 Å². The van der Waals surface area contributed by atoms with Crippen LogP contribution in [0.2, 0.25) is 0 Å². The van der Waals surface area contributed by atoms with E-state index >= 15 is 0 Å². The Kier molecular flexibility index (Phi) is 2.27. The van der Waals surface area contributed by atoms with E-state index in [2.05, 4.69) is 16.9 Å². The quantitative estimate of drug-likeness (QED) is 0.769. The van der Waals surface area contributed by atoms with Crippen molar-refractivity contribution in [3.05, 3.63) is 17.2 Å². The number of aromatic amines is 1. The van der Waals surface area contributed by atoms with Crippen molar-refractivity contribution >= 4 is 5.97 Å². The second kappa shape index (κ2) is 3.44. The van der Waals surface area contributed by atoms with Crippen LogP contribution in [0.15, 0.2) is 0 Å². The van der Waals surface area contributed by atoms with Gasteiger partial charge in [-0.05, 0) is 19.3 Å². The van der Waals surface area contributed by atoms with Crippen molar-refractivity contribution in [1.29, 1.82) is 0 Å². The molecular weight excluding hydrogens is 180 g/mol. The normalized spacial score (nSPS) is 15.8. The molecule has 1 aliphatic rings. The van der Waals surface area contributed by atoms with Gasteiger partial charge >= 0.3 is 5.97 Å². The summed E-state index contributed by atoms with van der Waals surface area (Å²) >= 11 is 0. The largest absolute Gasteiger partial charge is 0.476 e. The molecule has 0 aliphatic heterocycles. The van der Waals surface area contributed by atoms with Gasteiger partial charge in [0, 0.05) is 12.3 Å². The number of carboxylic acid groups (broad SMARTS) is 1. The van der Waals surface area contributed by atoms with Gasteiger partial charge in [-0.25, -0.2) is 9.78 Å². The molecular formula is C10H14N2O2. The highest BCUT2D eigenvalue weighted by atomic mass is 16.4. The molecule has 0 unspecified atom stereocenters. The Morgan fingerprint density at radius 3 is 2.86 bits per heavy atom. The maximum absolute atomic E-state index is 10.9. The summed E-state index contributed by atoms with van der Waals surface area (Å²) in [4.78, 5) is 18.1. The molecule has 1 aliphatic carbocycles. The van der Waals surface area contributed by atoms with Crippen molar-refractivity contribution in [3.63, 3.8) is 0 Å². The van der Waals surface area contributed by atoms with Gasteiger partial charge in [-0.3, -0.25) is 0 Å². The molecule has 14 heavy (non-hydrogen) atoms. The highest BCUT2D eigenvalue weighted by Gasteiger charge is 2.31. The number of nitrogens with one attached hydrogen (secondary N) is 1. The summed E-state index contributed by atoms with van der Waals surface area (Å²) in [7, 11) is 0. The van der Waals surface area contributed by atoms with E-state index in [9.17, 15) is 4.79 Å². The molecule has 1 aromatic rings. The number of aromatic carboxylic acids is 1. The number of rotatable bonds is 4. The Bertz CT molecular complexity index is 353. The fourth-order valence-electron chi connectivity index (χ4n) is 1.62. The Morgan fingerprint density at radius 2 is 2.36 bits per heavy atom. The molecule has 2 rings (SSSR count). The Balaban J connectivity index is 2.30. The van der Waals surface area contributed by atoms with E-state index < -0.39 is 5.97 Å². The van der Waals surface area contributed by atoms with Gasteiger partial charge in [0.1, 0.15) is 5.82 Å². The molecule has 0 saturated heterocycles. The first-order valence-electron chi connectivity index (χ1n) is 5.04. The molecule has 1 fully saturated rings. The van der Waals surface area contributed by atoms with Gasteiger partial charge in [-0.2, -0.15) is 0 Å². The number of carbonyl (C=O) groups is 1. The smallest absolute Gasteiger partial charge is 0.356 e. The third-order valence-electron chi connectivity index (χ3n) is 2.46. The number of hydrogen-bond donors (Lipinski definition) is 2. The first kappa shape index (κ1) is 9.24. The molecule has 0 radical (unpaired) electrons. The summed E-state index contributed by atoms with van der Waals surface area (Å²) < 4.78 is 0. The molecule has 0 atom stereocenters. The molecule has 1 aromatic heterocycles. The molecule has 1 heterocycles. The molecule has 4 heteroatoms. The van der Waals surface area contributed by atoms with Crippen molar-refractivity contribution in [1.82, 2.24) is 9.97 Å². The fourth-order valence-corrected chi connectivity index (χ4v) is 1.62. The summed E-state index contributed by atoms with van der Waals surface area (Å²) in [5.41, 5.74) is 1.07. The number of carboxylic acids is 1. The third-order valence-corrected chi connectivity index (χ3v) is 2.46. The zero-order chi connectivity index (χ0) is 10.1. The van der Waals surface area contributed by atoms with Gasteiger partial charge in [0.15, 0.2) is 5.69 Å². The van der Waals surface area contributed by atoms with Gasteiger partial charge in [0.05, 0.1) is 5.69 Å². The maximum atomic E-state index is 10.9. The van der Waals surface area contributed by atoms with Gasteiger partial charge < -0.3 is 10.1 Å². The van der Waals surface area contributed by atoms with Gasteiger partial charge in [0.2, 0.25) is 0 Å². The zero-order valence-electron chi connectivity index (χ0n) is 8.21. The molecule has 76 valence electrons.